The average molecular weight is 852 g/mol. The van der Waals surface area contributed by atoms with Crippen LogP contribution in [0.5, 0.6) is 0 Å². The molecule has 0 radical (unpaired) electrons. The number of aromatic amines is 2. The summed E-state index contributed by atoms with van der Waals surface area (Å²) in [5.41, 5.74) is 6.36. The van der Waals surface area contributed by atoms with E-state index in [1.165, 1.54) is 7.11 Å². The van der Waals surface area contributed by atoms with Gasteiger partial charge in [0, 0.05) is 44.0 Å². The van der Waals surface area contributed by atoms with E-state index in [9.17, 15) is 19.5 Å². The van der Waals surface area contributed by atoms with Crippen molar-refractivity contribution in [1.29, 1.82) is 0 Å². The number of aromatic nitrogens is 4. The number of hydrogen-bond acceptors (Lipinski definition) is 9. The minimum atomic E-state index is -0.688. The number of rotatable bonds is 12. The first-order valence-corrected chi connectivity index (χ1v) is 22.1. The molecule has 3 aliphatic rings. The molecule has 328 valence electrons. The predicted octanol–water partition coefficient (Wildman–Crippen LogP) is 6.32. The second-order valence-corrected chi connectivity index (χ2v) is 17.1. The van der Waals surface area contributed by atoms with Gasteiger partial charge in [-0.15, -0.1) is 0 Å². The summed E-state index contributed by atoms with van der Waals surface area (Å²) < 4.78 is 4.76. The number of likely N-dealkylation sites (tertiary alicyclic amines) is 3. The van der Waals surface area contributed by atoms with Crippen LogP contribution < -0.4 is 10.6 Å². The van der Waals surface area contributed by atoms with Crippen LogP contribution >= 0.6 is 0 Å². The fourth-order valence-electron chi connectivity index (χ4n) is 8.88. The highest BCUT2D eigenvalue weighted by molar-refractivity contribution is 5.86. The van der Waals surface area contributed by atoms with Gasteiger partial charge in [-0.2, -0.15) is 0 Å². The van der Waals surface area contributed by atoms with E-state index in [1.54, 1.807) is 11.1 Å². The van der Waals surface area contributed by atoms with Gasteiger partial charge in [-0.1, -0.05) is 80.3 Å². The Bertz CT molecular complexity index is 2390. The number of imidazole rings is 2. The van der Waals surface area contributed by atoms with Crippen molar-refractivity contribution in [2.45, 2.75) is 82.6 Å². The van der Waals surface area contributed by atoms with Crippen LogP contribution in [-0.2, 0) is 14.3 Å². The molecule has 0 saturated carbocycles. The molecule has 8 rings (SSSR count). The lowest BCUT2D eigenvalue weighted by Gasteiger charge is -2.33. The van der Waals surface area contributed by atoms with Crippen molar-refractivity contribution in [2.75, 3.05) is 40.0 Å². The van der Waals surface area contributed by atoms with Crippen molar-refractivity contribution in [3.63, 3.8) is 0 Å². The maximum atomic E-state index is 14.3. The monoisotopic (exact) mass is 851 g/mol. The van der Waals surface area contributed by atoms with Crippen molar-refractivity contribution in [3.05, 3.63) is 120 Å². The summed E-state index contributed by atoms with van der Waals surface area (Å²) in [6.45, 7) is 7.25. The van der Waals surface area contributed by atoms with E-state index < -0.39 is 18.2 Å². The third kappa shape index (κ3) is 10.2. The van der Waals surface area contributed by atoms with Crippen molar-refractivity contribution in [1.82, 2.24) is 45.3 Å². The van der Waals surface area contributed by atoms with Crippen molar-refractivity contribution < 1.29 is 24.2 Å². The van der Waals surface area contributed by atoms with Gasteiger partial charge < -0.3 is 34.9 Å². The molecule has 5 heterocycles. The molecular weight excluding hydrogens is 795 g/mol. The Balaban J connectivity index is 0.885. The standard InChI is InChI=1S/C49H57N9O5/c1-32(2)43(55-49(62)63-3)47(60)57-25-7-11-41(57)45-50-29-39(53-45)35-19-15-33(16-20-35)13-14-34-17-21-36(22-18-34)40-30-51-46(54-40)42-12-8-26-58(42)48(61)44(37-9-5-4-6-10-37)52-31-56-27-23-38(59)24-28-56/h4-6,9-10,15-22,29-30,32,38,41-44,52,59H,7-8,11-12,23-28,31H2,1-3H3,(H,50,53)(H,51,54)(H,55,62). The van der Waals surface area contributed by atoms with E-state index in [1.807, 2.05) is 104 Å². The van der Waals surface area contributed by atoms with Crippen LogP contribution in [0.2, 0.25) is 0 Å². The molecule has 3 amide bonds. The molecule has 63 heavy (non-hydrogen) atoms. The first-order chi connectivity index (χ1) is 30.6. The maximum absolute atomic E-state index is 14.3. The largest absolute Gasteiger partial charge is 0.453 e. The number of nitrogens with one attached hydrogen (secondary N) is 4. The predicted molar refractivity (Wildman–Crippen MR) is 240 cm³/mol. The molecule has 5 aromatic rings. The number of amides is 3. The number of methoxy groups -OCH3 is 1. The molecule has 3 fully saturated rings. The zero-order valence-corrected chi connectivity index (χ0v) is 36.2. The molecule has 0 bridgehead atoms. The third-order valence-electron chi connectivity index (χ3n) is 12.5. The lowest BCUT2D eigenvalue weighted by atomic mass is 10.0. The Labute approximate surface area is 368 Å². The summed E-state index contributed by atoms with van der Waals surface area (Å²) >= 11 is 0. The minimum Gasteiger partial charge on any atom is -0.453 e. The van der Waals surface area contributed by atoms with E-state index in [0.29, 0.717) is 19.8 Å². The normalized spacial score (nSPS) is 19.1. The van der Waals surface area contributed by atoms with E-state index in [4.69, 9.17) is 9.72 Å². The first kappa shape index (κ1) is 43.4. The number of piperidine rings is 1. The van der Waals surface area contributed by atoms with Crippen molar-refractivity contribution in [3.8, 4) is 34.4 Å². The fourth-order valence-corrected chi connectivity index (χ4v) is 8.88. The molecule has 4 unspecified atom stereocenters. The number of carbonyl (C=O) groups excluding carboxylic acids is 3. The number of hydrogen-bond donors (Lipinski definition) is 5. The van der Waals surface area contributed by atoms with Crippen molar-refractivity contribution in [2.24, 2.45) is 5.92 Å². The van der Waals surface area contributed by atoms with Gasteiger partial charge >= 0.3 is 6.09 Å². The number of benzene rings is 3. The SMILES string of the molecule is COC(=O)NC(C(=O)N1CCCC1c1ncc(-c2ccc(C#Cc3ccc(-c4cnc(C5CCCN5C(=O)C(NCN5CCC(O)CC5)c5ccccc5)[nH]4)cc3)cc2)[nH]1)C(C)C. The second kappa shape index (κ2) is 19.8. The highest BCUT2D eigenvalue weighted by Crippen LogP contribution is 2.35. The van der Waals surface area contributed by atoms with E-state index in [0.717, 1.165) is 102 Å². The van der Waals surface area contributed by atoms with Gasteiger partial charge in [0.1, 0.15) is 23.7 Å². The zero-order chi connectivity index (χ0) is 43.9. The van der Waals surface area contributed by atoms with E-state index >= 15 is 0 Å². The van der Waals surface area contributed by atoms with Crippen LogP contribution in [0, 0.1) is 17.8 Å². The third-order valence-corrected chi connectivity index (χ3v) is 12.5. The Morgan fingerprint density at radius 2 is 1.27 bits per heavy atom. The quantitative estimate of drug-likeness (QED) is 0.0902. The molecule has 14 heteroatoms. The maximum Gasteiger partial charge on any atom is 0.407 e. The fraction of sp³-hybridized carbons (Fsp3) is 0.408. The van der Waals surface area contributed by atoms with Crippen LogP contribution in [0.25, 0.3) is 22.5 Å². The summed E-state index contributed by atoms with van der Waals surface area (Å²) in [4.78, 5) is 62.2. The zero-order valence-electron chi connectivity index (χ0n) is 36.2. The summed E-state index contributed by atoms with van der Waals surface area (Å²) in [6, 6.07) is 24.4. The van der Waals surface area contributed by atoms with Crippen LogP contribution in [-0.4, -0.2) is 110 Å². The van der Waals surface area contributed by atoms with Crippen LogP contribution in [0.1, 0.15) is 98.8 Å². The summed E-state index contributed by atoms with van der Waals surface area (Å²) in [5, 5.41) is 16.2. The van der Waals surface area contributed by atoms with Gasteiger partial charge in [-0.25, -0.2) is 14.8 Å². The topological polar surface area (TPSA) is 172 Å². The van der Waals surface area contributed by atoms with Gasteiger partial charge in [-0.05, 0) is 85.4 Å². The molecule has 14 nitrogen and oxygen atoms in total. The van der Waals surface area contributed by atoms with Crippen LogP contribution in [0.3, 0.4) is 0 Å². The molecular formula is C49H57N9O5. The highest BCUT2D eigenvalue weighted by atomic mass is 16.5. The molecule has 3 aliphatic heterocycles. The lowest BCUT2D eigenvalue weighted by molar-refractivity contribution is -0.136. The number of alkyl carbamates (subject to hydrolysis) is 1. The Morgan fingerprint density at radius 3 is 1.78 bits per heavy atom. The molecule has 2 aromatic heterocycles. The lowest BCUT2D eigenvalue weighted by Crippen LogP contribution is -2.51. The summed E-state index contributed by atoms with van der Waals surface area (Å²) in [7, 11) is 1.29. The van der Waals surface area contributed by atoms with Crippen LogP contribution in [0.4, 0.5) is 4.79 Å². The molecule has 3 aromatic carbocycles. The number of ether oxygens (including phenoxy) is 1. The van der Waals surface area contributed by atoms with Gasteiger partial charge in [0.05, 0.1) is 49.1 Å². The number of carbonyl (C=O) groups is 3. The van der Waals surface area contributed by atoms with Gasteiger partial charge in [0.15, 0.2) is 0 Å². The first-order valence-electron chi connectivity index (χ1n) is 22.1. The van der Waals surface area contributed by atoms with Crippen molar-refractivity contribution >= 4 is 17.9 Å². The molecule has 4 atom stereocenters. The number of aliphatic hydroxyl groups is 1. The number of aliphatic hydroxyl groups excluding tert-OH is 1. The molecule has 0 aliphatic carbocycles. The van der Waals surface area contributed by atoms with E-state index in [-0.39, 0.29) is 35.9 Å². The van der Waals surface area contributed by atoms with Crippen LogP contribution in [0.15, 0.2) is 91.3 Å². The number of nitrogens with zero attached hydrogens (tertiary/aromatic N) is 5. The molecule has 5 N–H and O–H groups in total. The number of H-pyrrole nitrogens is 2. The minimum absolute atomic E-state index is 0.0422. The second-order valence-electron chi connectivity index (χ2n) is 17.1. The highest BCUT2D eigenvalue weighted by Gasteiger charge is 2.38. The van der Waals surface area contributed by atoms with Gasteiger partial charge in [0.25, 0.3) is 0 Å². The smallest absolute Gasteiger partial charge is 0.407 e. The van der Waals surface area contributed by atoms with Gasteiger partial charge in [0.2, 0.25) is 11.8 Å². The molecule has 0 spiro atoms. The summed E-state index contributed by atoms with van der Waals surface area (Å²) in [5.74, 6) is 7.86. The van der Waals surface area contributed by atoms with Gasteiger partial charge in [-0.3, -0.25) is 19.8 Å². The van der Waals surface area contributed by atoms with E-state index in [2.05, 4.69) is 42.3 Å². The average Bonchev–Trinajstić information content (AvgIpc) is 4.16. The Kier molecular flexibility index (Phi) is 13.7. The molecule has 3 saturated heterocycles. The Morgan fingerprint density at radius 1 is 0.746 bits per heavy atom. The summed E-state index contributed by atoms with van der Waals surface area (Å²) in [6.07, 6.45) is 7.63. The Hall–Kier alpha value is -6.27.